The minimum absolute atomic E-state index is 0.0963. The van der Waals surface area contributed by atoms with Gasteiger partial charge >= 0.3 is 0 Å². The van der Waals surface area contributed by atoms with Crippen LogP contribution in [0.25, 0.3) is 28.5 Å². The first kappa shape index (κ1) is 18.8. The molecule has 1 heterocycles. The first-order valence-electron chi connectivity index (χ1n) is 7.95. The van der Waals surface area contributed by atoms with Crippen molar-refractivity contribution in [3.63, 3.8) is 0 Å². The molecule has 7 heteroatoms. The smallest absolute Gasteiger partial charge is 0.170 e. The Balaban J connectivity index is 2.18. The van der Waals surface area contributed by atoms with Crippen molar-refractivity contribution in [3.8, 4) is 22.4 Å². The molecule has 5 nitrogen and oxygen atoms in total. The number of aliphatic imine (C=N–C) groups is 1. The molecular formula is C20H16ClN3O2S. The largest absolute Gasteiger partial charge is 0.390 e. The third-order valence-electron chi connectivity index (χ3n) is 4.00. The van der Waals surface area contributed by atoms with Gasteiger partial charge in [0, 0.05) is 22.3 Å². The molecular weight excluding hydrogens is 382 g/mol. The highest BCUT2D eigenvalue weighted by Crippen LogP contribution is 2.35. The second-order valence-corrected chi connectivity index (χ2v) is 6.98. The van der Waals surface area contributed by atoms with Crippen molar-refractivity contribution in [2.24, 2.45) is 10.7 Å². The molecule has 136 valence electrons. The molecule has 2 N–H and O–H groups in total. The summed E-state index contributed by atoms with van der Waals surface area (Å²) in [5.74, 6) is 0. The predicted molar refractivity (Wildman–Crippen MR) is 111 cm³/mol. The molecule has 0 spiro atoms. The Hall–Kier alpha value is -2.96. The van der Waals surface area contributed by atoms with E-state index in [1.165, 1.54) is 0 Å². The van der Waals surface area contributed by atoms with Crippen molar-refractivity contribution in [1.29, 1.82) is 0 Å². The molecule has 3 aromatic rings. The van der Waals surface area contributed by atoms with Crippen molar-refractivity contribution in [2.45, 2.75) is 4.90 Å². The zero-order valence-corrected chi connectivity index (χ0v) is 15.8. The molecule has 27 heavy (non-hydrogen) atoms. The van der Waals surface area contributed by atoms with Gasteiger partial charge in [-0.25, -0.2) is 13.4 Å². The standard InChI is InChI=1S/C20H16ClN3O2S/c1-2-13-5-6-15(10-17(13)21)20-16(4-3-9-23-20)14-7-8-18(24-12-22)19(11-14)27(25)26/h2-12,27H,1H2,(H2,22,24). The van der Waals surface area contributed by atoms with Crippen LogP contribution in [0.5, 0.6) is 0 Å². The maximum Gasteiger partial charge on any atom is 0.170 e. The molecule has 0 aliphatic rings. The molecule has 0 saturated heterocycles. The van der Waals surface area contributed by atoms with Crippen LogP contribution in [0.4, 0.5) is 5.69 Å². The Labute approximate surface area is 163 Å². The molecule has 0 aliphatic heterocycles. The molecule has 0 radical (unpaired) electrons. The number of thiol groups is 1. The Morgan fingerprint density at radius 2 is 1.89 bits per heavy atom. The maximum absolute atomic E-state index is 11.6. The van der Waals surface area contributed by atoms with Crippen LogP contribution in [0.15, 0.2) is 71.2 Å². The van der Waals surface area contributed by atoms with Gasteiger partial charge < -0.3 is 5.73 Å². The topological polar surface area (TPSA) is 85.4 Å². The molecule has 0 amide bonds. The van der Waals surface area contributed by atoms with Crippen molar-refractivity contribution in [1.82, 2.24) is 4.98 Å². The quantitative estimate of drug-likeness (QED) is 0.382. The van der Waals surface area contributed by atoms with Crippen molar-refractivity contribution in [3.05, 3.63) is 71.9 Å². The van der Waals surface area contributed by atoms with Crippen LogP contribution in [0.2, 0.25) is 5.02 Å². The fourth-order valence-electron chi connectivity index (χ4n) is 2.73. The third-order valence-corrected chi connectivity index (χ3v) is 5.08. The zero-order chi connectivity index (χ0) is 19.4. The van der Waals surface area contributed by atoms with Crippen LogP contribution >= 0.6 is 11.6 Å². The van der Waals surface area contributed by atoms with Gasteiger partial charge in [0.05, 0.1) is 22.6 Å². The number of nitrogens with zero attached hydrogens (tertiary/aromatic N) is 2. The molecule has 0 aliphatic carbocycles. The van der Waals surface area contributed by atoms with E-state index in [9.17, 15) is 8.42 Å². The molecule has 3 rings (SSSR count). The number of hydrogen-bond acceptors (Lipinski definition) is 4. The SMILES string of the molecule is C=Cc1ccc(-c2ncccc2-c2ccc(/N=C\N)c([SH](=O)=O)c2)cc1Cl. The number of halogens is 1. The molecule has 0 atom stereocenters. The second-order valence-electron chi connectivity index (χ2n) is 5.58. The van der Waals surface area contributed by atoms with E-state index in [4.69, 9.17) is 17.3 Å². The van der Waals surface area contributed by atoms with Gasteiger partial charge in [-0.1, -0.05) is 48.5 Å². The summed E-state index contributed by atoms with van der Waals surface area (Å²) >= 11 is 6.29. The Kier molecular flexibility index (Phi) is 5.69. The second kappa shape index (κ2) is 8.16. The molecule has 0 saturated carbocycles. The van der Waals surface area contributed by atoms with Gasteiger partial charge in [0.2, 0.25) is 0 Å². The summed E-state index contributed by atoms with van der Waals surface area (Å²) in [4.78, 5) is 8.47. The minimum Gasteiger partial charge on any atom is -0.390 e. The van der Waals surface area contributed by atoms with Crippen LogP contribution in [0, 0.1) is 0 Å². The van der Waals surface area contributed by atoms with Gasteiger partial charge in [0.15, 0.2) is 10.7 Å². The maximum atomic E-state index is 11.6. The Morgan fingerprint density at radius 1 is 1.11 bits per heavy atom. The highest BCUT2D eigenvalue weighted by atomic mass is 35.5. The lowest BCUT2D eigenvalue weighted by atomic mass is 9.98. The van der Waals surface area contributed by atoms with Crippen molar-refractivity contribution >= 4 is 40.4 Å². The van der Waals surface area contributed by atoms with Gasteiger partial charge in [-0.15, -0.1) is 0 Å². The lowest BCUT2D eigenvalue weighted by Gasteiger charge is -2.11. The fraction of sp³-hybridized carbons (Fsp3) is 0. The molecule has 0 bridgehead atoms. The van der Waals surface area contributed by atoms with Crippen LogP contribution in [-0.4, -0.2) is 19.7 Å². The summed E-state index contributed by atoms with van der Waals surface area (Å²) in [6, 6.07) is 14.2. The van der Waals surface area contributed by atoms with E-state index in [1.54, 1.807) is 36.5 Å². The summed E-state index contributed by atoms with van der Waals surface area (Å²) in [5.41, 5.74) is 9.41. The number of hydrogen-bond donors (Lipinski definition) is 2. The van der Waals surface area contributed by atoms with Crippen molar-refractivity contribution < 1.29 is 8.42 Å². The van der Waals surface area contributed by atoms with Gasteiger partial charge in [-0.2, -0.15) is 0 Å². The first-order valence-corrected chi connectivity index (χ1v) is 9.51. The van der Waals surface area contributed by atoms with Crippen LogP contribution in [0.3, 0.4) is 0 Å². The fourth-order valence-corrected chi connectivity index (χ4v) is 3.56. The number of rotatable bonds is 5. The summed E-state index contributed by atoms with van der Waals surface area (Å²) in [7, 11) is -2.83. The highest BCUT2D eigenvalue weighted by Gasteiger charge is 2.13. The summed E-state index contributed by atoms with van der Waals surface area (Å²) in [5, 5.41) is 0.565. The van der Waals surface area contributed by atoms with Gasteiger partial charge in [-0.05, 0) is 35.4 Å². The number of benzene rings is 2. The lowest BCUT2D eigenvalue weighted by molar-refractivity contribution is 0.615. The monoisotopic (exact) mass is 397 g/mol. The van der Waals surface area contributed by atoms with E-state index in [0.717, 1.165) is 23.0 Å². The summed E-state index contributed by atoms with van der Waals surface area (Å²) in [6.45, 7) is 3.73. The minimum atomic E-state index is -2.83. The van der Waals surface area contributed by atoms with Crippen molar-refractivity contribution in [2.75, 3.05) is 0 Å². The van der Waals surface area contributed by atoms with Crippen LogP contribution in [-0.2, 0) is 10.7 Å². The summed E-state index contributed by atoms with van der Waals surface area (Å²) in [6.07, 6.45) is 4.42. The predicted octanol–water partition coefficient (Wildman–Crippen LogP) is 4.30. The highest BCUT2D eigenvalue weighted by molar-refractivity contribution is 7.72. The van der Waals surface area contributed by atoms with Gasteiger partial charge in [0.1, 0.15) is 0 Å². The van der Waals surface area contributed by atoms with E-state index in [1.807, 2.05) is 24.3 Å². The van der Waals surface area contributed by atoms with E-state index in [-0.39, 0.29) is 4.90 Å². The van der Waals surface area contributed by atoms with E-state index in [0.29, 0.717) is 22.0 Å². The summed E-state index contributed by atoms with van der Waals surface area (Å²) < 4.78 is 23.3. The van der Waals surface area contributed by atoms with E-state index in [2.05, 4.69) is 16.6 Å². The molecule has 1 aromatic heterocycles. The average Bonchev–Trinajstić information content (AvgIpc) is 2.68. The van der Waals surface area contributed by atoms with E-state index < -0.39 is 10.7 Å². The number of pyridine rings is 1. The van der Waals surface area contributed by atoms with Gasteiger partial charge in [-0.3, -0.25) is 4.98 Å². The molecule has 0 unspecified atom stereocenters. The number of nitrogens with two attached hydrogens (primary N) is 1. The number of aromatic nitrogens is 1. The van der Waals surface area contributed by atoms with Crippen LogP contribution < -0.4 is 5.73 Å². The Bertz CT molecular complexity index is 1120. The van der Waals surface area contributed by atoms with Crippen LogP contribution in [0.1, 0.15) is 5.56 Å². The normalized spacial score (nSPS) is 11.2. The third kappa shape index (κ3) is 3.92. The molecule has 0 fully saturated rings. The zero-order valence-electron chi connectivity index (χ0n) is 14.2. The molecule has 2 aromatic carbocycles. The van der Waals surface area contributed by atoms with E-state index >= 15 is 0 Å². The Morgan fingerprint density at radius 3 is 2.56 bits per heavy atom. The van der Waals surface area contributed by atoms with Gasteiger partial charge in [0.25, 0.3) is 0 Å². The first-order chi connectivity index (χ1) is 13.0. The average molecular weight is 398 g/mol. The lowest BCUT2D eigenvalue weighted by Crippen LogP contribution is -1.92.